The number of ether oxygens (including phenoxy) is 1. The number of carbonyl (C=O) groups is 1. The molecule has 1 heterocycles. The number of nitrogens with two attached hydrogens (primary N) is 1. The van der Waals surface area contributed by atoms with Crippen LogP contribution >= 0.6 is 0 Å². The second-order valence-corrected chi connectivity index (χ2v) is 2.72. The van der Waals surface area contributed by atoms with Gasteiger partial charge in [-0.25, -0.2) is 4.68 Å². The van der Waals surface area contributed by atoms with Crippen LogP contribution in [0, 0.1) is 0 Å². The molecule has 4 N–H and O–H groups in total. The number of nitrogens with zero attached hydrogens (tertiary/aromatic N) is 1. The van der Waals surface area contributed by atoms with Gasteiger partial charge in [-0.05, 0) is 0 Å². The van der Waals surface area contributed by atoms with Crippen molar-refractivity contribution in [3.05, 3.63) is 16.0 Å². The summed E-state index contributed by atoms with van der Waals surface area (Å²) in [5, 5.41) is 11.0. The zero-order valence-corrected chi connectivity index (χ0v) is 7.61. The number of carboxylic acid groups (broad SMARTS) is 1. The number of nitrogen functional groups attached to an aromatic ring is 1. The fraction of sp³-hybridized carbons (Fsp3) is 0.429. The third-order valence-electron chi connectivity index (χ3n) is 1.65. The van der Waals surface area contributed by atoms with Crippen molar-refractivity contribution in [1.29, 1.82) is 0 Å². The Morgan fingerprint density at radius 3 is 2.86 bits per heavy atom. The largest absolute Gasteiger partial charge is 0.480 e. The number of carboxylic acids is 1. The minimum Gasteiger partial charge on any atom is -0.480 e. The van der Waals surface area contributed by atoms with Gasteiger partial charge in [0.05, 0.1) is 12.3 Å². The first kappa shape index (κ1) is 10.3. The monoisotopic (exact) mass is 201 g/mol. The molecule has 0 spiro atoms. The van der Waals surface area contributed by atoms with Gasteiger partial charge in [-0.2, -0.15) is 0 Å². The second-order valence-electron chi connectivity index (χ2n) is 2.72. The maximum absolute atomic E-state index is 11.3. The lowest BCUT2D eigenvalue weighted by Crippen LogP contribution is -2.22. The van der Waals surface area contributed by atoms with Crippen molar-refractivity contribution in [3.63, 3.8) is 0 Å². The number of nitrogens with one attached hydrogen (secondary N) is 1. The van der Waals surface area contributed by atoms with Crippen LogP contribution in [-0.2, 0) is 22.7 Å². The molecule has 0 radical (unpaired) electrons. The van der Waals surface area contributed by atoms with Crippen molar-refractivity contribution in [2.45, 2.75) is 13.2 Å². The summed E-state index contributed by atoms with van der Waals surface area (Å²) in [7, 11) is 1.45. The quantitative estimate of drug-likeness (QED) is 0.578. The number of anilines is 1. The second kappa shape index (κ2) is 3.97. The van der Waals surface area contributed by atoms with Crippen molar-refractivity contribution in [1.82, 2.24) is 9.78 Å². The highest BCUT2D eigenvalue weighted by molar-refractivity contribution is 5.66. The maximum atomic E-state index is 11.3. The Morgan fingerprint density at radius 1 is 1.71 bits per heavy atom. The van der Waals surface area contributed by atoms with E-state index in [0.29, 0.717) is 5.69 Å². The Balaban J connectivity index is 3.02. The topological polar surface area (TPSA) is 110 Å². The number of rotatable bonds is 4. The minimum absolute atomic E-state index is 0.00639. The van der Waals surface area contributed by atoms with Gasteiger partial charge in [-0.3, -0.25) is 14.7 Å². The molecule has 0 bridgehead atoms. The molecule has 0 fully saturated rings. The molecule has 0 aliphatic rings. The first-order valence-electron chi connectivity index (χ1n) is 3.84. The third kappa shape index (κ3) is 1.94. The Bertz CT molecular complexity index is 392. The standard InChI is InChI=1S/C7H11N3O4/c1-14-3-4-6(8)7(13)10(9-4)2-5(11)12/h9H,2-3,8H2,1H3,(H,11,12). The summed E-state index contributed by atoms with van der Waals surface area (Å²) in [5.41, 5.74) is 5.27. The molecule has 0 aromatic carbocycles. The molecule has 0 aliphatic heterocycles. The van der Waals surface area contributed by atoms with Crippen LogP contribution in [-0.4, -0.2) is 28.0 Å². The molecule has 0 atom stereocenters. The molecule has 7 nitrogen and oxygen atoms in total. The average molecular weight is 201 g/mol. The van der Waals surface area contributed by atoms with E-state index in [9.17, 15) is 9.59 Å². The highest BCUT2D eigenvalue weighted by Gasteiger charge is 2.12. The molecule has 0 saturated carbocycles. The van der Waals surface area contributed by atoms with Crippen LogP contribution in [0.15, 0.2) is 4.79 Å². The molecule has 1 aromatic heterocycles. The summed E-state index contributed by atoms with van der Waals surface area (Å²) in [4.78, 5) is 21.6. The van der Waals surface area contributed by atoms with E-state index in [2.05, 4.69) is 5.10 Å². The Hall–Kier alpha value is -1.76. The van der Waals surface area contributed by atoms with E-state index < -0.39 is 18.1 Å². The zero-order valence-electron chi connectivity index (χ0n) is 7.61. The Labute approximate surface area is 79.1 Å². The highest BCUT2D eigenvalue weighted by Crippen LogP contribution is 2.03. The summed E-state index contributed by atoms with van der Waals surface area (Å²) < 4.78 is 5.69. The molecule has 0 aliphatic carbocycles. The molecular formula is C7H11N3O4. The van der Waals surface area contributed by atoms with E-state index in [0.717, 1.165) is 4.68 Å². The van der Waals surface area contributed by atoms with Gasteiger partial charge in [0.25, 0.3) is 5.56 Å². The lowest BCUT2D eigenvalue weighted by Gasteiger charge is -1.96. The predicted molar refractivity (Wildman–Crippen MR) is 47.8 cm³/mol. The number of aromatic nitrogens is 2. The van der Waals surface area contributed by atoms with Gasteiger partial charge >= 0.3 is 5.97 Å². The summed E-state index contributed by atoms with van der Waals surface area (Å²) in [6, 6.07) is 0. The van der Waals surface area contributed by atoms with Crippen LogP contribution in [0.2, 0.25) is 0 Å². The average Bonchev–Trinajstić information content (AvgIpc) is 2.34. The van der Waals surface area contributed by atoms with Crippen LogP contribution in [0.25, 0.3) is 0 Å². The van der Waals surface area contributed by atoms with Crippen molar-refractivity contribution in [2.75, 3.05) is 12.8 Å². The summed E-state index contributed by atoms with van der Waals surface area (Å²) >= 11 is 0. The Morgan fingerprint density at radius 2 is 2.36 bits per heavy atom. The fourth-order valence-corrected chi connectivity index (χ4v) is 1.05. The number of aromatic amines is 1. The molecule has 0 amide bonds. The SMILES string of the molecule is COCc1[nH]n(CC(=O)O)c(=O)c1N. The van der Waals surface area contributed by atoms with Crippen molar-refractivity contribution < 1.29 is 14.6 Å². The first-order chi connectivity index (χ1) is 6.56. The molecule has 7 heteroatoms. The fourth-order valence-electron chi connectivity index (χ4n) is 1.05. The van der Waals surface area contributed by atoms with Crippen molar-refractivity contribution in [3.8, 4) is 0 Å². The van der Waals surface area contributed by atoms with Gasteiger partial charge in [0, 0.05) is 7.11 Å². The van der Waals surface area contributed by atoms with Crippen LogP contribution < -0.4 is 11.3 Å². The molecule has 78 valence electrons. The minimum atomic E-state index is -1.11. The third-order valence-corrected chi connectivity index (χ3v) is 1.65. The maximum Gasteiger partial charge on any atom is 0.325 e. The van der Waals surface area contributed by atoms with Crippen LogP contribution in [0.1, 0.15) is 5.69 Å². The van der Waals surface area contributed by atoms with Gasteiger partial charge in [0.2, 0.25) is 0 Å². The lowest BCUT2D eigenvalue weighted by atomic mass is 10.4. The molecule has 0 saturated heterocycles. The number of aliphatic carboxylic acids is 1. The van der Waals surface area contributed by atoms with E-state index >= 15 is 0 Å². The van der Waals surface area contributed by atoms with E-state index in [4.69, 9.17) is 15.6 Å². The van der Waals surface area contributed by atoms with Crippen LogP contribution in [0.4, 0.5) is 5.69 Å². The van der Waals surface area contributed by atoms with E-state index in [1.807, 2.05) is 0 Å². The van der Waals surface area contributed by atoms with Gasteiger partial charge in [-0.1, -0.05) is 0 Å². The molecule has 14 heavy (non-hydrogen) atoms. The van der Waals surface area contributed by atoms with Crippen molar-refractivity contribution >= 4 is 11.7 Å². The summed E-state index contributed by atoms with van der Waals surface area (Å²) in [6.45, 7) is -0.291. The highest BCUT2D eigenvalue weighted by atomic mass is 16.5. The molecule has 1 aromatic rings. The number of hydrogen-bond donors (Lipinski definition) is 3. The van der Waals surface area contributed by atoms with Gasteiger partial charge in [0.15, 0.2) is 0 Å². The van der Waals surface area contributed by atoms with Crippen LogP contribution in [0.3, 0.4) is 0 Å². The van der Waals surface area contributed by atoms with E-state index in [1.165, 1.54) is 7.11 Å². The normalized spacial score (nSPS) is 10.4. The van der Waals surface area contributed by atoms with Crippen molar-refractivity contribution in [2.24, 2.45) is 0 Å². The molecular weight excluding hydrogens is 190 g/mol. The lowest BCUT2D eigenvalue weighted by molar-refractivity contribution is -0.137. The van der Waals surface area contributed by atoms with Gasteiger partial charge < -0.3 is 15.6 Å². The molecule has 0 unspecified atom stereocenters. The van der Waals surface area contributed by atoms with Gasteiger partial charge in [-0.15, -0.1) is 0 Å². The predicted octanol–water partition coefficient (Wildman–Crippen LogP) is -1.01. The number of methoxy groups -OCH3 is 1. The smallest absolute Gasteiger partial charge is 0.325 e. The number of H-pyrrole nitrogens is 1. The Kier molecular flexibility index (Phi) is 2.92. The zero-order chi connectivity index (χ0) is 10.7. The van der Waals surface area contributed by atoms with Crippen LogP contribution in [0.5, 0.6) is 0 Å². The van der Waals surface area contributed by atoms with Gasteiger partial charge in [0.1, 0.15) is 12.2 Å². The van der Waals surface area contributed by atoms with E-state index in [-0.39, 0.29) is 12.3 Å². The first-order valence-corrected chi connectivity index (χ1v) is 3.84. The molecule has 1 rings (SSSR count). The number of hydrogen-bond acceptors (Lipinski definition) is 4. The summed E-state index contributed by atoms with van der Waals surface area (Å²) in [5.74, 6) is -1.11. The van der Waals surface area contributed by atoms with E-state index in [1.54, 1.807) is 0 Å². The summed E-state index contributed by atoms with van der Waals surface area (Å²) in [6.07, 6.45) is 0.